The van der Waals surface area contributed by atoms with Crippen molar-refractivity contribution in [3.8, 4) is 0 Å². The van der Waals surface area contributed by atoms with E-state index in [-0.39, 0.29) is 11.3 Å². The number of carboxylic acids is 1. The average molecular weight is 142 g/mol. The second-order valence-electron chi connectivity index (χ2n) is 3.76. The summed E-state index contributed by atoms with van der Waals surface area (Å²) < 4.78 is 0. The van der Waals surface area contributed by atoms with Crippen LogP contribution in [-0.4, -0.2) is 11.1 Å². The van der Waals surface area contributed by atoms with Gasteiger partial charge in [0.15, 0.2) is 0 Å². The highest BCUT2D eigenvalue weighted by atomic mass is 16.4. The highest BCUT2D eigenvalue weighted by Crippen LogP contribution is 2.57. The first kappa shape index (κ1) is 7.58. The minimum Gasteiger partial charge on any atom is -0.481 e. The van der Waals surface area contributed by atoms with E-state index in [1.807, 2.05) is 0 Å². The molecule has 0 aliphatic heterocycles. The van der Waals surface area contributed by atoms with Crippen molar-refractivity contribution in [2.24, 2.45) is 17.3 Å². The van der Waals surface area contributed by atoms with Gasteiger partial charge in [-0.15, -0.1) is 0 Å². The lowest BCUT2D eigenvalue weighted by atomic mass is 9.92. The third-order valence-electron chi connectivity index (χ3n) is 2.90. The van der Waals surface area contributed by atoms with Crippen LogP contribution in [0.15, 0.2) is 0 Å². The summed E-state index contributed by atoms with van der Waals surface area (Å²) in [5.41, 5.74) is 0.0891. The summed E-state index contributed by atoms with van der Waals surface area (Å²) in [6.45, 7) is 6.22. The Morgan fingerprint density at radius 1 is 1.70 bits per heavy atom. The van der Waals surface area contributed by atoms with Crippen LogP contribution >= 0.6 is 0 Å². The third-order valence-corrected chi connectivity index (χ3v) is 2.90. The van der Waals surface area contributed by atoms with Crippen molar-refractivity contribution in [3.05, 3.63) is 0 Å². The maximum absolute atomic E-state index is 10.5. The van der Waals surface area contributed by atoms with Crippen LogP contribution in [0.2, 0.25) is 0 Å². The second kappa shape index (κ2) is 1.97. The summed E-state index contributed by atoms with van der Waals surface area (Å²) in [5, 5.41) is 8.64. The predicted molar refractivity (Wildman–Crippen MR) is 38.7 cm³/mol. The van der Waals surface area contributed by atoms with Crippen LogP contribution in [0.25, 0.3) is 0 Å². The summed E-state index contributed by atoms with van der Waals surface area (Å²) >= 11 is 0. The molecule has 1 rings (SSSR count). The molecule has 0 saturated heterocycles. The van der Waals surface area contributed by atoms with E-state index in [2.05, 4.69) is 20.8 Å². The van der Waals surface area contributed by atoms with Gasteiger partial charge in [0.2, 0.25) is 0 Å². The van der Waals surface area contributed by atoms with Crippen LogP contribution in [-0.2, 0) is 4.79 Å². The first-order valence-corrected chi connectivity index (χ1v) is 3.71. The average Bonchev–Trinajstić information content (AvgIpc) is 2.43. The van der Waals surface area contributed by atoms with Gasteiger partial charge >= 0.3 is 5.97 Å². The molecule has 2 atom stereocenters. The maximum atomic E-state index is 10.5. The normalized spacial score (nSPS) is 38.2. The monoisotopic (exact) mass is 142 g/mol. The van der Waals surface area contributed by atoms with Crippen molar-refractivity contribution in [1.29, 1.82) is 0 Å². The Balaban J connectivity index is 2.56. The van der Waals surface area contributed by atoms with Gasteiger partial charge in [0.25, 0.3) is 0 Å². The molecule has 0 heterocycles. The van der Waals surface area contributed by atoms with Gasteiger partial charge in [0.05, 0.1) is 5.92 Å². The van der Waals surface area contributed by atoms with E-state index in [1.54, 1.807) is 0 Å². The van der Waals surface area contributed by atoms with Crippen molar-refractivity contribution >= 4 is 5.97 Å². The lowest BCUT2D eigenvalue weighted by molar-refractivity contribution is -0.139. The lowest BCUT2D eigenvalue weighted by Crippen LogP contribution is -2.12. The molecule has 0 aromatic rings. The smallest absolute Gasteiger partial charge is 0.307 e. The fraction of sp³-hybridized carbons (Fsp3) is 0.875. The van der Waals surface area contributed by atoms with E-state index in [0.29, 0.717) is 5.92 Å². The van der Waals surface area contributed by atoms with Crippen molar-refractivity contribution < 1.29 is 9.90 Å². The molecule has 2 nitrogen and oxygen atoms in total. The van der Waals surface area contributed by atoms with Crippen molar-refractivity contribution in [3.63, 3.8) is 0 Å². The first-order chi connectivity index (χ1) is 4.48. The SMILES string of the molecule is CC(C)C1(C)CC1C(=O)O. The summed E-state index contributed by atoms with van der Waals surface area (Å²) in [5.74, 6) is -0.211. The fourth-order valence-corrected chi connectivity index (χ4v) is 1.39. The maximum Gasteiger partial charge on any atom is 0.307 e. The Hall–Kier alpha value is -0.530. The quantitative estimate of drug-likeness (QED) is 0.637. The van der Waals surface area contributed by atoms with E-state index < -0.39 is 5.97 Å². The van der Waals surface area contributed by atoms with E-state index in [1.165, 1.54) is 0 Å². The topological polar surface area (TPSA) is 37.3 Å². The van der Waals surface area contributed by atoms with Crippen LogP contribution in [0, 0.1) is 17.3 Å². The standard InChI is InChI=1S/C8H14O2/c1-5(2)8(3)4-6(8)7(9)10/h5-6H,4H2,1-3H3,(H,9,10). The van der Waals surface area contributed by atoms with E-state index in [0.717, 1.165) is 6.42 Å². The molecule has 0 amide bonds. The molecule has 0 spiro atoms. The molecule has 1 aliphatic carbocycles. The molecule has 2 unspecified atom stereocenters. The summed E-state index contributed by atoms with van der Waals surface area (Å²) in [4.78, 5) is 10.5. The van der Waals surface area contributed by atoms with Gasteiger partial charge in [-0.2, -0.15) is 0 Å². The van der Waals surface area contributed by atoms with E-state index >= 15 is 0 Å². The molecular formula is C8H14O2. The minimum absolute atomic E-state index is 0.0764. The van der Waals surface area contributed by atoms with Crippen molar-refractivity contribution in [2.75, 3.05) is 0 Å². The Labute approximate surface area is 61.2 Å². The molecule has 0 bridgehead atoms. The molecule has 1 fully saturated rings. The summed E-state index contributed by atoms with van der Waals surface area (Å²) in [6.07, 6.45) is 0.861. The number of carbonyl (C=O) groups is 1. The van der Waals surface area contributed by atoms with Crippen LogP contribution in [0.4, 0.5) is 0 Å². The molecule has 58 valence electrons. The zero-order valence-corrected chi connectivity index (χ0v) is 6.72. The number of hydrogen-bond donors (Lipinski definition) is 1. The number of rotatable bonds is 2. The number of aliphatic carboxylic acids is 1. The predicted octanol–water partition coefficient (Wildman–Crippen LogP) is 1.75. The first-order valence-electron chi connectivity index (χ1n) is 3.71. The number of hydrogen-bond acceptors (Lipinski definition) is 1. The molecule has 1 aliphatic rings. The molecule has 2 heteroatoms. The van der Waals surface area contributed by atoms with Gasteiger partial charge in [-0.25, -0.2) is 0 Å². The molecule has 0 aromatic carbocycles. The van der Waals surface area contributed by atoms with Crippen molar-refractivity contribution in [2.45, 2.75) is 27.2 Å². The van der Waals surface area contributed by atoms with Gasteiger partial charge in [-0.05, 0) is 17.8 Å². The summed E-state index contributed by atoms with van der Waals surface area (Å²) in [6, 6.07) is 0. The van der Waals surface area contributed by atoms with Crippen LogP contribution in [0.5, 0.6) is 0 Å². The Bertz CT molecular complexity index is 163. The third kappa shape index (κ3) is 0.917. The van der Waals surface area contributed by atoms with E-state index in [4.69, 9.17) is 5.11 Å². The van der Waals surface area contributed by atoms with Crippen LogP contribution in [0.1, 0.15) is 27.2 Å². The minimum atomic E-state index is -0.629. The number of carboxylic acid groups (broad SMARTS) is 1. The Kier molecular flexibility index (Phi) is 1.50. The van der Waals surface area contributed by atoms with Gasteiger partial charge in [0, 0.05) is 0 Å². The Morgan fingerprint density at radius 2 is 2.20 bits per heavy atom. The molecule has 1 saturated carbocycles. The zero-order valence-electron chi connectivity index (χ0n) is 6.72. The Morgan fingerprint density at radius 3 is 2.30 bits per heavy atom. The van der Waals surface area contributed by atoms with Gasteiger partial charge < -0.3 is 5.11 Å². The van der Waals surface area contributed by atoms with Crippen LogP contribution in [0.3, 0.4) is 0 Å². The highest BCUT2D eigenvalue weighted by Gasteiger charge is 2.56. The highest BCUT2D eigenvalue weighted by molar-refractivity contribution is 5.74. The van der Waals surface area contributed by atoms with Crippen molar-refractivity contribution in [1.82, 2.24) is 0 Å². The molecule has 1 N–H and O–H groups in total. The van der Waals surface area contributed by atoms with Gasteiger partial charge in [0.1, 0.15) is 0 Å². The zero-order chi connectivity index (χ0) is 7.94. The molecule has 10 heavy (non-hydrogen) atoms. The van der Waals surface area contributed by atoms with Gasteiger partial charge in [-0.1, -0.05) is 20.8 Å². The second-order valence-corrected chi connectivity index (χ2v) is 3.76. The fourth-order valence-electron chi connectivity index (χ4n) is 1.39. The van der Waals surface area contributed by atoms with Gasteiger partial charge in [-0.3, -0.25) is 4.79 Å². The largest absolute Gasteiger partial charge is 0.481 e. The molecule has 0 aromatic heterocycles. The molecule has 0 radical (unpaired) electrons. The molecular weight excluding hydrogens is 128 g/mol. The van der Waals surface area contributed by atoms with Crippen LogP contribution < -0.4 is 0 Å². The summed E-state index contributed by atoms with van der Waals surface area (Å²) in [7, 11) is 0. The van der Waals surface area contributed by atoms with E-state index in [9.17, 15) is 4.79 Å². The lowest BCUT2D eigenvalue weighted by Gasteiger charge is -2.13.